The van der Waals surface area contributed by atoms with E-state index in [9.17, 15) is 9.18 Å². The molecule has 0 heterocycles. The molecule has 0 radical (unpaired) electrons. The van der Waals surface area contributed by atoms with Crippen LogP contribution in [0, 0.1) is 5.82 Å². The van der Waals surface area contributed by atoms with Crippen molar-refractivity contribution in [3.05, 3.63) is 47.8 Å². The lowest BCUT2D eigenvalue weighted by Crippen LogP contribution is -2.16. The van der Waals surface area contributed by atoms with Crippen LogP contribution in [0.15, 0.2) is 36.4 Å². The molecule has 4 N–H and O–H groups in total. The molecule has 1 amide bonds. The van der Waals surface area contributed by atoms with Crippen molar-refractivity contribution in [2.24, 2.45) is 11.5 Å². The Morgan fingerprint density at radius 3 is 2.50 bits per heavy atom. The summed E-state index contributed by atoms with van der Waals surface area (Å²) in [5.41, 5.74) is 12.0. The maximum atomic E-state index is 13.6. The van der Waals surface area contributed by atoms with E-state index in [0.717, 1.165) is 10.9 Å². The fourth-order valence-electron chi connectivity index (χ4n) is 2.06. The Morgan fingerprint density at radius 2 is 1.83 bits per heavy atom. The number of halogens is 1. The van der Waals surface area contributed by atoms with Crippen LogP contribution in [-0.4, -0.2) is 5.91 Å². The number of nitrogens with two attached hydrogens (primary N) is 2. The number of carbonyl (C=O) groups is 1. The van der Waals surface area contributed by atoms with E-state index in [1.165, 1.54) is 6.07 Å². The topological polar surface area (TPSA) is 69.1 Å². The summed E-state index contributed by atoms with van der Waals surface area (Å²) >= 11 is 0. The number of rotatable bonds is 4. The number of fused-ring (bicyclic) bond motifs is 1. The van der Waals surface area contributed by atoms with Crippen molar-refractivity contribution >= 4 is 16.7 Å². The second-order valence-corrected chi connectivity index (χ2v) is 4.29. The van der Waals surface area contributed by atoms with E-state index in [0.29, 0.717) is 11.8 Å². The molecule has 0 spiro atoms. The van der Waals surface area contributed by atoms with Crippen molar-refractivity contribution in [3.63, 3.8) is 0 Å². The van der Waals surface area contributed by atoms with Gasteiger partial charge in [0.25, 0.3) is 0 Å². The van der Waals surface area contributed by atoms with E-state index in [4.69, 9.17) is 11.5 Å². The second-order valence-electron chi connectivity index (χ2n) is 4.29. The smallest absolute Gasteiger partial charge is 0.217 e. The highest BCUT2D eigenvalue weighted by Gasteiger charge is 2.12. The van der Waals surface area contributed by atoms with E-state index < -0.39 is 0 Å². The Balaban J connectivity index is 2.39. The number of amides is 1. The number of hydrogen-bond donors (Lipinski definition) is 2. The van der Waals surface area contributed by atoms with Crippen LogP contribution >= 0.6 is 0 Å². The minimum Gasteiger partial charge on any atom is -0.370 e. The molecule has 2 aromatic carbocycles. The molecule has 0 bridgehead atoms. The maximum absolute atomic E-state index is 13.6. The maximum Gasteiger partial charge on any atom is 0.217 e. The molecule has 4 heteroatoms. The predicted molar refractivity (Wildman–Crippen MR) is 69.3 cm³/mol. The molecule has 0 aromatic heterocycles. The van der Waals surface area contributed by atoms with Crippen molar-refractivity contribution in [1.29, 1.82) is 0 Å². The summed E-state index contributed by atoms with van der Waals surface area (Å²) in [7, 11) is 0. The van der Waals surface area contributed by atoms with Crippen molar-refractivity contribution in [2.45, 2.75) is 18.9 Å². The molecule has 0 aliphatic rings. The van der Waals surface area contributed by atoms with Crippen molar-refractivity contribution in [2.75, 3.05) is 0 Å². The van der Waals surface area contributed by atoms with Crippen LogP contribution in [0.4, 0.5) is 4.39 Å². The van der Waals surface area contributed by atoms with Gasteiger partial charge in [-0.1, -0.05) is 30.3 Å². The van der Waals surface area contributed by atoms with Crippen molar-refractivity contribution in [3.8, 4) is 0 Å². The number of hydrogen-bond acceptors (Lipinski definition) is 2. The van der Waals surface area contributed by atoms with Gasteiger partial charge < -0.3 is 11.5 Å². The van der Waals surface area contributed by atoms with Crippen molar-refractivity contribution in [1.82, 2.24) is 0 Å². The molecule has 3 nitrogen and oxygen atoms in total. The predicted octanol–water partition coefficient (Wildman–Crippen LogP) is 2.24. The lowest BCUT2D eigenvalue weighted by Gasteiger charge is -2.14. The average molecular weight is 246 g/mol. The summed E-state index contributed by atoms with van der Waals surface area (Å²) in [5, 5.41) is 1.33. The Bertz CT molecular complexity index is 583. The van der Waals surface area contributed by atoms with Crippen LogP contribution in [-0.2, 0) is 4.79 Å². The van der Waals surface area contributed by atoms with Gasteiger partial charge in [0.05, 0.1) is 0 Å². The van der Waals surface area contributed by atoms with Crippen LogP contribution < -0.4 is 11.5 Å². The molecule has 94 valence electrons. The number of primary amides is 1. The van der Waals surface area contributed by atoms with Gasteiger partial charge in [-0.2, -0.15) is 0 Å². The standard InChI is InChI=1S/C14H15FN2O/c15-12-6-5-11(13(16)7-8-14(17)18)9-3-1-2-4-10(9)12/h1-6,13H,7-8,16H2,(H2,17,18). The van der Waals surface area contributed by atoms with Gasteiger partial charge >= 0.3 is 0 Å². The first-order chi connectivity index (χ1) is 8.59. The van der Waals surface area contributed by atoms with Crippen LogP contribution in [0.2, 0.25) is 0 Å². The summed E-state index contributed by atoms with van der Waals surface area (Å²) in [5.74, 6) is -0.645. The van der Waals surface area contributed by atoms with Gasteiger partial charge in [0.2, 0.25) is 5.91 Å². The Kier molecular flexibility index (Phi) is 3.58. The normalized spacial score (nSPS) is 12.6. The molecule has 2 aromatic rings. The summed E-state index contributed by atoms with van der Waals surface area (Å²) < 4.78 is 13.6. The van der Waals surface area contributed by atoms with Gasteiger partial charge in [-0.15, -0.1) is 0 Å². The molecular weight excluding hydrogens is 231 g/mol. The highest BCUT2D eigenvalue weighted by Crippen LogP contribution is 2.27. The van der Waals surface area contributed by atoms with Crippen molar-refractivity contribution < 1.29 is 9.18 Å². The Labute approximate surface area is 105 Å². The first-order valence-corrected chi connectivity index (χ1v) is 5.80. The third kappa shape index (κ3) is 2.49. The zero-order chi connectivity index (χ0) is 13.1. The largest absolute Gasteiger partial charge is 0.370 e. The SMILES string of the molecule is NC(=O)CCC(N)c1ccc(F)c2ccccc12. The molecule has 18 heavy (non-hydrogen) atoms. The van der Waals surface area contributed by atoms with E-state index in [2.05, 4.69) is 0 Å². The van der Waals surface area contributed by atoms with E-state index in [-0.39, 0.29) is 24.2 Å². The molecule has 0 saturated carbocycles. The Morgan fingerprint density at radius 1 is 1.17 bits per heavy atom. The third-order valence-corrected chi connectivity index (χ3v) is 3.01. The second kappa shape index (κ2) is 5.14. The van der Waals surface area contributed by atoms with Crippen LogP contribution in [0.3, 0.4) is 0 Å². The highest BCUT2D eigenvalue weighted by molar-refractivity contribution is 5.86. The Hall–Kier alpha value is -1.94. The zero-order valence-electron chi connectivity index (χ0n) is 9.90. The molecule has 0 saturated heterocycles. The number of carbonyl (C=O) groups excluding carboxylic acids is 1. The minimum absolute atomic E-state index is 0.229. The van der Waals surface area contributed by atoms with Gasteiger partial charge in [0.15, 0.2) is 0 Å². The number of benzene rings is 2. The summed E-state index contributed by atoms with van der Waals surface area (Å²) in [4.78, 5) is 10.8. The van der Waals surface area contributed by atoms with Crippen LogP contribution in [0.1, 0.15) is 24.4 Å². The first kappa shape index (κ1) is 12.5. The highest BCUT2D eigenvalue weighted by atomic mass is 19.1. The molecular formula is C14H15FN2O. The summed E-state index contributed by atoms with van der Waals surface area (Å²) in [6, 6.07) is 9.93. The molecule has 2 rings (SSSR count). The molecule has 1 atom stereocenters. The van der Waals surface area contributed by atoms with Gasteiger partial charge in [0.1, 0.15) is 5.82 Å². The third-order valence-electron chi connectivity index (χ3n) is 3.01. The molecule has 0 aliphatic heterocycles. The average Bonchev–Trinajstić information content (AvgIpc) is 2.37. The first-order valence-electron chi connectivity index (χ1n) is 5.80. The zero-order valence-corrected chi connectivity index (χ0v) is 9.90. The molecule has 0 aliphatic carbocycles. The minimum atomic E-state index is -0.378. The van der Waals surface area contributed by atoms with Crippen LogP contribution in [0.25, 0.3) is 10.8 Å². The lowest BCUT2D eigenvalue weighted by atomic mass is 9.96. The van der Waals surface area contributed by atoms with Gasteiger partial charge in [-0.25, -0.2) is 4.39 Å². The van der Waals surface area contributed by atoms with Gasteiger partial charge in [0, 0.05) is 17.8 Å². The molecule has 1 unspecified atom stereocenters. The summed E-state index contributed by atoms with van der Waals surface area (Å²) in [6.07, 6.45) is 0.692. The lowest BCUT2D eigenvalue weighted by molar-refractivity contribution is -0.118. The molecule has 0 fully saturated rings. The van der Waals surface area contributed by atoms with E-state index in [1.807, 2.05) is 12.1 Å². The van der Waals surface area contributed by atoms with E-state index in [1.54, 1.807) is 18.2 Å². The van der Waals surface area contributed by atoms with Gasteiger partial charge in [-0.3, -0.25) is 4.79 Å². The van der Waals surface area contributed by atoms with E-state index >= 15 is 0 Å². The van der Waals surface area contributed by atoms with Gasteiger partial charge in [-0.05, 0) is 23.4 Å². The fraction of sp³-hybridized carbons (Fsp3) is 0.214. The van der Waals surface area contributed by atoms with Crippen LogP contribution in [0.5, 0.6) is 0 Å². The summed E-state index contributed by atoms with van der Waals surface area (Å²) in [6.45, 7) is 0. The fourth-order valence-corrected chi connectivity index (χ4v) is 2.06. The quantitative estimate of drug-likeness (QED) is 0.868. The monoisotopic (exact) mass is 246 g/mol.